The lowest BCUT2D eigenvalue weighted by molar-refractivity contribution is 0.0826. The standard InChI is InChI=1S/C28H29F2N3O3/c1-17-4-3-5-18(8-17)15-31-16-27(34)25(11-19-9-21(29)14-22(30)10-19)33-28(35)26-13-20-12-23(36-2)6-7-24(20)32-26/h3-10,12-14,25,27,31-32,34H,11,15-16H2,1-2H3,(H,33,35)/t25-,27+/m0/s1. The molecule has 8 heteroatoms. The number of aliphatic hydroxyl groups excluding tert-OH is 1. The van der Waals surface area contributed by atoms with Crippen molar-refractivity contribution in [2.45, 2.75) is 32.0 Å². The van der Waals surface area contributed by atoms with Crippen molar-refractivity contribution >= 4 is 16.8 Å². The average Bonchev–Trinajstić information content (AvgIpc) is 3.26. The van der Waals surface area contributed by atoms with Gasteiger partial charge in [-0.25, -0.2) is 8.78 Å². The lowest BCUT2D eigenvalue weighted by atomic mass is 10.00. The van der Waals surface area contributed by atoms with E-state index in [-0.39, 0.29) is 13.0 Å². The van der Waals surface area contributed by atoms with Crippen molar-refractivity contribution in [3.05, 3.63) is 101 Å². The second kappa shape index (κ2) is 11.3. The third-order valence-corrected chi connectivity index (χ3v) is 6.00. The zero-order chi connectivity index (χ0) is 25.7. The van der Waals surface area contributed by atoms with Gasteiger partial charge in [0.15, 0.2) is 0 Å². The highest BCUT2D eigenvalue weighted by atomic mass is 19.1. The van der Waals surface area contributed by atoms with Crippen LogP contribution in [0.3, 0.4) is 0 Å². The SMILES string of the molecule is COc1ccc2[nH]c(C(=O)N[C@@H](Cc3cc(F)cc(F)c3)[C@H](O)CNCc3cccc(C)c3)cc2c1. The van der Waals surface area contributed by atoms with Crippen LogP contribution >= 0.6 is 0 Å². The normalized spacial score (nSPS) is 12.9. The molecule has 0 bridgehead atoms. The summed E-state index contributed by atoms with van der Waals surface area (Å²) >= 11 is 0. The van der Waals surface area contributed by atoms with E-state index in [9.17, 15) is 18.7 Å². The minimum absolute atomic E-state index is 0.0434. The number of rotatable bonds is 10. The molecule has 0 aliphatic carbocycles. The number of carbonyl (C=O) groups is 1. The number of aliphatic hydroxyl groups is 1. The molecule has 1 amide bonds. The van der Waals surface area contributed by atoms with Crippen molar-refractivity contribution in [1.82, 2.24) is 15.6 Å². The summed E-state index contributed by atoms with van der Waals surface area (Å²) in [4.78, 5) is 16.1. The summed E-state index contributed by atoms with van der Waals surface area (Å²) in [5.74, 6) is -1.21. The highest BCUT2D eigenvalue weighted by Crippen LogP contribution is 2.22. The van der Waals surface area contributed by atoms with Crippen LogP contribution in [0.15, 0.2) is 66.7 Å². The van der Waals surface area contributed by atoms with E-state index in [1.165, 1.54) is 12.1 Å². The number of ether oxygens (including phenoxy) is 1. The number of nitrogens with one attached hydrogen (secondary N) is 3. The van der Waals surface area contributed by atoms with Gasteiger partial charge in [-0.3, -0.25) is 4.79 Å². The molecule has 0 aliphatic rings. The number of aromatic nitrogens is 1. The second-order valence-corrected chi connectivity index (χ2v) is 8.89. The molecule has 6 nitrogen and oxygen atoms in total. The van der Waals surface area contributed by atoms with E-state index in [1.54, 1.807) is 25.3 Å². The first kappa shape index (κ1) is 25.3. The fraction of sp³-hybridized carbons (Fsp3) is 0.250. The predicted molar refractivity (Wildman–Crippen MR) is 135 cm³/mol. The smallest absolute Gasteiger partial charge is 0.268 e. The summed E-state index contributed by atoms with van der Waals surface area (Å²) in [5, 5.41) is 17.8. The van der Waals surface area contributed by atoms with Gasteiger partial charge < -0.3 is 25.5 Å². The average molecular weight is 494 g/mol. The molecule has 0 spiro atoms. The van der Waals surface area contributed by atoms with Crippen molar-refractivity contribution in [3.8, 4) is 5.75 Å². The molecule has 1 aromatic heterocycles. The number of hydrogen-bond donors (Lipinski definition) is 4. The summed E-state index contributed by atoms with van der Waals surface area (Å²) in [6, 6.07) is 17.4. The number of benzene rings is 3. The Labute approximate surface area is 208 Å². The van der Waals surface area contributed by atoms with Crippen LogP contribution in [0.4, 0.5) is 8.78 Å². The third kappa shape index (κ3) is 6.47. The Morgan fingerprint density at radius 1 is 1.03 bits per heavy atom. The fourth-order valence-corrected chi connectivity index (χ4v) is 4.20. The summed E-state index contributed by atoms with van der Waals surface area (Å²) < 4.78 is 32.8. The highest BCUT2D eigenvalue weighted by Gasteiger charge is 2.24. The van der Waals surface area contributed by atoms with Crippen LogP contribution in [0.5, 0.6) is 5.75 Å². The molecule has 0 aliphatic heterocycles. The van der Waals surface area contributed by atoms with E-state index in [4.69, 9.17) is 4.74 Å². The first-order valence-electron chi connectivity index (χ1n) is 11.7. The van der Waals surface area contributed by atoms with Crippen LogP contribution in [0, 0.1) is 18.6 Å². The van der Waals surface area contributed by atoms with Gasteiger partial charge in [-0.15, -0.1) is 0 Å². The van der Waals surface area contributed by atoms with Crippen LogP contribution in [-0.2, 0) is 13.0 Å². The molecule has 4 aromatic rings. The van der Waals surface area contributed by atoms with E-state index < -0.39 is 29.7 Å². The largest absolute Gasteiger partial charge is 0.497 e. The van der Waals surface area contributed by atoms with E-state index >= 15 is 0 Å². The molecule has 36 heavy (non-hydrogen) atoms. The molecule has 0 radical (unpaired) electrons. The molecule has 0 saturated carbocycles. The zero-order valence-corrected chi connectivity index (χ0v) is 20.1. The van der Waals surface area contributed by atoms with Crippen molar-refractivity contribution in [2.24, 2.45) is 0 Å². The van der Waals surface area contributed by atoms with Gasteiger partial charge in [0.2, 0.25) is 0 Å². The van der Waals surface area contributed by atoms with Gasteiger partial charge in [-0.05, 0) is 60.9 Å². The lowest BCUT2D eigenvalue weighted by Gasteiger charge is -2.25. The molecular formula is C28H29F2N3O3. The van der Waals surface area contributed by atoms with Gasteiger partial charge in [0.05, 0.1) is 19.3 Å². The predicted octanol–water partition coefficient (Wildman–Crippen LogP) is 4.25. The quantitative estimate of drug-likeness (QED) is 0.266. The van der Waals surface area contributed by atoms with Crippen LogP contribution < -0.4 is 15.4 Å². The molecular weight excluding hydrogens is 464 g/mol. The molecule has 4 rings (SSSR count). The van der Waals surface area contributed by atoms with E-state index in [2.05, 4.69) is 15.6 Å². The van der Waals surface area contributed by atoms with Crippen molar-refractivity contribution in [3.63, 3.8) is 0 Å². The Bertz CT molecular complexity index is 1330. The number of aryl methyl sites for hydroxylation is 1. The van der Waals surface area contributed by atoms with E-state index in [0.717, 1.165) is 28.1 Å². The van der Waals surface area contributed by atoms with Gasteiger partial charge in [-0.2, -0.15) is 0 Å². The number of carbonyl (C=O) groups excluding carboxylic acids is 1. The van der Waals surface area contributed by atoms with Gasteiger partial charge in [0.25, 0.3) is 5.91 Å². The Balaban J connectivity index is 1.49. The van der Waals surface area contributed by atoms with Crippen molar-refractivity contribution in [1.29, 1.82) is 0 Å². The van der Waals surface area contributed by atoms with E-state index in [0.29, 0.717) is 23.6 Å². The van der Waals surface area contributed by atoms with Crippen LogP contribution in [0.2, 0.25) is 0 Å². The number of amides is 1. The molecule has 1 heterocycles. The van der Waals surface area contributed by atoms with Crippen molar-refractivity contribution in [2.75, 3.05) is 13.7 Å². The highest BCUT2D eigenvalue weighted by molar-refractivity contribution is 5.98. The summed E-state index contributed by atoms with van der Waals surface area (Å²) in [5.41, 5.74) is 3.57. The maximum atomic E-state index is 13.8. The minimum atomic E-state index is -1.02. The fourth-order valence-electron chi connectivity index (χ4n) is 4.20. The number of H-pyrrole nitrogens is 1. The Morgan fingerprint density at radius 3 is 2.53 bits per heavy atom. The van der Waals surface area contributed by atoms with Crippen LogP contribution in [0.25, 0.3) is 10.9 Å². The van der Waals surface area contributed by atoms with Crippen molar-refractivity contribution < 1.29 is 23.4 Å². The zero-order valence-electron chi connectivity index (χ0n) is 20.1. The van der Waals surface area contributed by atoms with E-state index in [1.807, 2.05) is 37.3 Å². The summed E-state index contributed by atoms with van der Waals surface area (Å²) in [6.45, 7) is 2.70. The first-order valence-corrected chi connectivity index (χ1v) is 11.7. The van der Waals surface area contributed by atoms with Gasteiger partial charge in [0, 0.05) is 30.1 Å². The first-order chi connectivity index (χ1) is 17.3. The molecule has 2 atom stereocenters. The number of fused-ring (bicyclic) bond motifs is 1. The summed E-state index contributed by atoms with van der Waals surface area (Å²) in [6.07, 6.45) is -0.976. The Kier molecular flexibility index (Phi) is 7.97. The van der Waals surface area contributed by atoms with Gasteiger partial charge in [0.1, 0.15) is 23.1 Å². The molecule has 0 fully saturated rings. The Hall–Kier alpha value is -3.75. The minimum Gasteiger partial charge on any atom is -0.497 e. The monoisotopic (exact) mass is 493 g/mol. The maximum absolute atomic E-state index is 13.8. The number of hydrogen-bond acceptors (Lipinski definition) is 4. The molecule has 3 aromatic carbocycles. The summed E-state index contributed by atoms with van der Waals surface area (Å²) in [7, 11) is 1.57. The second-order valence-electron chi connectivity index (χ2n) is 8.89. The van der Waals surface area contributed by atoms with Crippen LogP contribution in [-0.4, -0.2) is 41.8 Å². The lowest BCUT2D eigenvalue weighted by Crippen LogP contribution is -2.48. The maximum Gasteiger partial charge on any atom is 0.268 e. The molecule has 4 N–H and O–H groups in total. The molecule has 188 valence electrons. The number of aromatic amines is 1. The molecule has 0 saturated heterocycles. The van der Waals surface area contributed by atoms with Gasteiger partial charge >= 0.3 is 0 Å². The topological polar surface area (TPSA) is 86.4 Å². The number of halogens is 2. The number of methoxy groups -OCH3 is 1. The van der Waals surface area contributed by atoms with Crippen LogP contribution in [0.1, 0.15) is 27.2 Å². The third-order valence-electron chi connectivity index (χ3n) is 6.00. The molecule has 0 unspecified atom stereocenters. The van der Waals surface area contributed by atoms with Gasteiger partial charge in [-0.1, -0.05) is 29.8 Å². The Morgan fingerprint density at radius 2 is 1.81 bits per heavy atom.